The fourth-order valence-corrected chi connectivity index (χ4v) is 3.77. The van der Waals surface area contributed by atoms with Crippen molar-refractivity contribution >= 4 is 22.4 Å². The first-order chi connectivity index (χ1) is 9.61. The normalized spacial score (nSPS) is 18.9. The number of rotatable bonds is 6. The van der Waals surface area contributed by atoms with Crippen molar-refractivity contribution in [1.82, 2.24) is 10.3 Å². The van der Waals surface area contributed by atoms with Crippen molar-refractivity contribution in [3.63, 3.8) is 0 Å². The Morgan fingerprint density at radius 3 is 2.75 bits per heavy atom. The molecule has 20 heavy (non-hydrogen) atoms. The zero-order valence-corrected chi connectivity index (χ0v) is 13.5. The first-order valence-corrected chi connectivity index (χ1v) is 8.49. The number of aromatic nitrogens is 1. The Morgan fingerprint density at radius 2 is 2.15 bits per heavy atom. The maximum Gasteiger partial charge on any atom is 0.232 e. The van der Waals surface area contributed by atoms with Gasteiger partial charge in [-0.2, -0.15) is 0 Å². The molecule has 0 radical (unpaired) electrons. The Hall–Kier alpha value is -0.940. The van der Waals surface area contributed by atoms with Gasteiger partial charge >= 0.3 is 0 Å². The summed E-state index contributed by atoms with van der Waals surface area (Å²) in [4.78, 5) is 17.0. The zero-order valence-electron chi connectivity index (χ0n) is 12.7. The highest BCUT2D eigenvalue weighted by Gasteiger charge is 2.39. The topological polar surface area (TPSA) is 54.0 Å². The molecule has 1 unspecified atom stereocenters. The summed E-state index contributed by atoms with van der Waals surface area (Å²) in [7, 11) is 0. The molecular weight excluding hydrogens is 270 g/mol. The van der Waals surface area contributed by atoms with E-state index in [-0.39, 0.29) is 17.4 Å². The first-order valence-electron chi connectivity index (χ1n) is 7.61. The Kier molecular flexibility index (Phi) is 5.16. The minimum absolute atomic E-state index is 0.154. The Balaban J connectivity index is 2.01. The fourth-order valence-electron chi connectivity index (χ4n) is 2.98. The van der Waals surface area contributed by atoms with Crippen molar-refractivity contribution in [3.8, 4) is 0 Å². The second kappa shape index (κ2) is 6.68. The van der Waals surface area contributed by atoms with E-state index in [9.17, 15) is 4.79 Å². The number of hydrogen-bond donors (Lipinski definition) is 2. The van der Waals surface area contributed by atoms with Crippen molar-refractivity contribution < 1.29 is 4.79 Å². The summed E-state index contributed by atoms with van der Waals surface area (Å²) in [5.74, 6) is 0.162. The third kappa shape index (κ3) is 3.20. The minimum atomic E-state index is -0.154. The van der Waals surface area contributed by atoms with Crippen LogP contribution in [0.15, 0.2) is 5.38 Å². The molecule has 0 saturated heterocycles. The van der Waals surface area contributed by atoms with Gasteiger partial charge in [0.05, 0.1) is 5.69 Å². The summed E-state index contributed by atoms with van der Waals surface area (Å²) in [5.41, 5.74) is 0.850. The lowest BCUT2D eigenvalue weighted by Gasteiger charge is -2.25. The van der Waals surface area contributed by atoms with E-state index in [1.165, 1.54) is 24.2 Å². The highest BCUT2D eigenvalue weighted by atomic mass is 32.1. The molecule has 1 aromatic rings. The van der Waals surface area contributed by atoms with Gasteiger partial charge in [0.15, 0.2) is 5.13 Å². The Morgan fingerprint density at radius 1 is 1.45 bits per heavy atom. The van der Waals surface area contributed by atoms with E-state index < -0.39 is 0 Å². The smallest absolute Gasteiger partial charge is 0.232 e. The lowest BCUT2D eigenvalue weighted by Crippen LogP contribution is -2.33. The molecule has 1 amide bonds. The number of thiazole rings is 1. The van der Waals surface area contributed by atoms with Crippen molar-refractivity contribution in [1.29, 1.82) is 0 Å². The molecule has 1 aliphatic rings. The SMILES string of the molecule is CCNC(C)c1csc(NC(=O)C2(CC)CCCC2)n1. The molecule has 0 aliphatic heterocycles. The van der Waals surface area contributed by atoms with Crippen LogP contribution in [-0.2, 0) is 4.79 Å². The monoisotopic (exact) mass is 295 g/mol. The average molecular weight is 295 g/mol. The molecule has 1 heterocycles. The molecule has 4 nitrogen and oxygen atoms in total. The molecule has 0 spiro atoms. The van der Waals surface area contributed by atoms with Gasteiger partial charge in [-0.05, 0) is 32.7 Å². The number of amides is 1. The van der Waals surface area contributed by atoms with Crippen LogP contribution in [0.3, 0.4) is 0 Å². The maximum absolute atomic E-state index is 12.5. The summed E-state index contributed by atoms with van der Waals surface area (Å²) in [6, 6.07) is 0.230. The summed E-state index contributed by atoms with van der Waals surface area (Å²) < 4.78 is 0. The molecule has 2 rings (SSSR count). The van der Waals surface area contributed by atoms with Gasteiger partial charge in [-0.25, -0.2) is 4.98 Å². The summed E-state index contributed by atoms with van der Waals surface area (Å²) >= 11 is 1.52. The maximum atomic E-state index is 12.5. The molecule has 1 atom stereocenters. The summed E-state index contributed by atoms with van der Waals surface area (Å²) in [6.07, 6.45) is 5.29. The van der Waals surface area contributed by atoms with E-state index in [0.717, 1.165) is 36.6 Å². The quantitative estimate of drug-likeness (QED) is 0.841. The van der Waals surface area contributed by atoms with Crippen molar-refractivity contribution in [2.45, 2.75) is 58.9 Å². The lowest BCUT2D eigenvalue weighted by molar-refractivity contribution is -0.125. The van der Waals surface area contributed by atoms with Gasteiger partial charge in [-0.15, -0.1) is 11.3 Å². The van der Waals surface area contributed by atoms with Gasteiger partial charge in [0, 0.05) is 16.8 Å². The Bertz CT molecular complexity index is 452. The number of nitrogens with zero attached hydrogens (tertiary/aromatic N) is 1. The molecular formula is C15H25N3OS. The third-order valence-electron chi connectivity index (χ3n) is 4.42. The van der Waals surface area contributed by atoms with E-state index in [1.807, 2.05) is 5.38 Å². The van der Waals surface area contributed by atoms with Crippen LogP contribution in [0.5, 0.6) is 0 Å². The van der Waals surface area contributed by atoms with Gasteiger partial charge in [-0.1, -0.05) is 26.7 Å². The average Bonchev–Trinajstić information content (AvgIpc) is 3.08. The number of carbonyl (C=O) groups is 1. The van der Waals surface area contributed by atoms with Gasteiger partial charge in [0.1, 0.15) is 0 Å². The van der Waals surface area contributed by atoms with Crippen LogP contribution < -0.4 is 10.6 Å². The van der Waals surface area contributed by atoms with Crippen LogP contribution in [0.2, 0.25) is 0 Å². The van der Waals surface area contributed by atoms with E-state index in [1.54, 1.807) is 0 Å². The largest absolute Gasteiger partial charge is 0.309 e. The van der Waals surface area contributed by atoms with E-state index in [2.05, 4.69) is 36.4 Å². The predicted octanol–water partition coefficient (Wildman–Crippen LogP) is 3.72. The number of carbonyl (C=O) groups excluding carboxylic acids is 1. The van der Waals surface area contributed by atoms with Gasteiger partial charge in [0.2, 0.25) is 5.91 Å². The van der Waals surface area contributed by atoms with Gasteiger partial charge in [0.25, 0.3) is 0 Å². The van der Waals surface area contributed by atoms with Gasteiger partial charge < -0.3 is 10.6 Å². The number of hydrogen-bond acceptors (Lipinski definition) is 4. The standard InChI is InChI=1S/C15H25N3OS/c1-4-15(8-6-7-9-15)13(19)18-14-17-12(10-20-14)11(3)16-5-2/h10-11,16H,4-9H2,1-3H3,(H,17,18,19). The molecule has 1 saturated carbocycles. The summed E-state index contributed by atoms with van der Waals surface area (Å²) in [5, 5.41) is 9.12. The molecule has 0 aromatic carbocycles. The number of anilines is 1. The van der Waals surface area contributed by atoms with Crippen molar-refractivity contribution in [2.24, 2.45) is 5.41 Å². The van der Waals surface area contributed by atoms with E-state index in [0.29, 0.717) is 0 Å². The van der Waals surface area contributed by atoms with Crippen LogP contribution in [0.4, 0.5) is 5.13 Å². The highest BCUT2D eigenvalue weighted by molar-refractivity contribution is 7.13. The first kappa shape index (κ1) is 15.4. The molecule has 2 N–H and O–H groups in total. The zero-order chi connectivity index (χ0) is 14.6. The Labute approximate surface area is 125 Å². The lowest BCUT2D eigenvalue weighted by atomic mass is 9.82. The molecule has 1 aromatic heterocycles. The van der Waals surface area contributed by atoms with Crippen LogP contribution in [-0.4, -0.2) is 17.4 Å². The number of nitrogens with one attached hydrogen (secondary N) is 2. The molecule has 5 heteroatoms. The second-order valence-corrected chi connectivity index (χ2v) is 6.51. The van der Waals surface area contributed by atoms with Crippen LogP contribution in [0, 0.1) is 5.41 Å². The highest BCUT2D eigenvalue weighted by Crippen LogP contribution is 2.42. The molecule has 1 fully saturated rings. The molecule has 112 valence electrons. The minimum Gasteiger partial charge on any atom is -0.309 e. The summed E-state index contributed by atoms with van der Waals surface area (Å²) in [6.45, 7) is 7.20. The van der Waals surface area contributed by atoms with Crippen molar-refractivity contribution in [3.05, 3.63) is 11.1 Å². The van der Waals surface area contributed by atoms with Crippen LogP contribution in [0.25, 0.3) is 0 Å². The predicted molar refractivity (Wildman–Crippen MR) is 84.0 cm³/mol. The van der Waals surface area contributed by atoms with Crippen LogP contribution >= 0.6 is 11.3 Å². The second-order valence-electron chi connectivity index (χ2n) is 5.65. The van der Waals surface area contributed by atoms with Crippen molar-refractivity contribution in [2.75, 3.05) is 11.9 Å². The third-order valence-corrected chi connectivity index (χ3v) is 5.19. The van der Waals surface area contributed by atoms with E-state index >= 15 is 0 Å². The fraction of sp³-hybridized carbons (Fsp3) is 0.733. The van der Waals surface area contributed by atoms with E-state index in [4.69, 9.17) is 0 Å². The molecule has 1 aliphatic carbocycles. The van der Waals surface area contributed by atoms with Gasteiger partial charge in [-0.3, -0.25) is 4.79 Å². The van der Waals surface area contributed by atoms with Crippen LogP contribution in [0.1, 0.15) is 64.6 Å². The molecule has 0 bridgehead atoms.